The fraction of sp³-hybridized carbons (Fsp3) is 0. The molecule has 1 rings (SSSR count). The maximum Gasteiger partial charge on any atom is 0.233 e. The van der Waals surface area contributed by atoms with E-state index >= 15 is 0 Å². The lowest BCUT2D eigenvalue weighted by atomic mass is 10.1. The molecule has 0 amide bonds. The molecule has 0 bridgehead atoms. The van der Waals surface area contributed by atoms with E-state index in [1.165, 1.54) is 0 Å². The van der Waals surface area contributed by atoms with Crippen LogP contribution >= 0.6 is 0 Å². The van der Waals surface area contributed by atoms with Gasteiger partial charge in [0.2, 0.25) is 11.6 Å². The molecule has 45 valence electrons. The third-order valence-electron chi connectivity index (χ3n) is 0.834. The van der Waals surface area contributed by atoms with Crippen LogP contribution in [-0.4, -0.2) is 11.6 Å². The number of Topliss-reactive ketones (excluding diaryl/α,β-unsaturated/α-hetero) is 1. The molecular formula is C6H2FO2. The quantitative estimate of drug-likeness (QED) is 0.346. The maximum atomic E-state index is 12.0. The molecule has 0 saturated carbocycles. The Balaban J connectivity index is 2.95. The Kier molecular flexibility index (Phi) is 1.26. The first-order chi connectivity index (χ1) is 4.20. The monoisotopic (exact) mass is 125 g/mol. The van der Waals surface area contributed by atoms with Crippen LogP contribution in [0.4, 0.5) is 4.39 Å². The average Bonchev–Trinajstić information content (AvgIpc) is 1.80. The van der Waals surface area contributed by atoms with E-state index in [-0.39, 0.29) is 0 Å². The van der Waals surface area contributed by atoms with Crippen LogP contribution in [0.15, 0.2) is 18.0 Å². The van der Waals surface area contributed by atoms with E-state index in [4.69, 9.17) is 0 Å². The molecule has 0 N–H and O–H groups in total. The van der Waals surface area contributed by atoms with Crippen molar-refractivity contribution >= 4 is 11.6 Å². The Hall–Kier alpha value is -1.25. The van der Waals surface area contributed by atoms with Crippen LogP contribution in [0.25, 0.3) is 0 Å². The third-order valence-corrected chi connectivity index (χ3v) is 0.834. The van der Waals surface area contributed by atoms with Crippen molar-refractivity contribution in [2.45, 2.75) is 0 Å². The Bertz CT molecular complexity index is 225. The molecule has 1 aliphatic rings. The van der Waals surface area contributed by atoms with E-state index in [9.17, 15) is 14.0 Å². The first-order valence-corrected chi connectivity index (χ1v) is 2.25. The summed E-state index contributed by atoms with van der Waals surface area (Å²) in [6, 6.07) is 0. The number of carbonyl (C=O) groups excluding carboxylic acids is 2. The topological polar surface area (TPSA) is 34.1 Å². The second-order valence-corrected chi connectivity index (χ2v) is 1.51. The van der Waals surface area contributed by atoms with Crippen molar-refractivity contribution in [1.82, 2.24) is 0 Å². The minimum atomic E-state index is -0.852. The summed E-state index contributed by atoms with van der Waals surface area (Å²) in [6.07, 6.45) is 3.40. The zero-order valence-electron chi connectivity index (χ0n) is 4.35. The van der Waals surface area contributed by atoms with Gasteiger partial charge in [-0.05, 0) is 6.08 Å². The van der Waals surface area contributed by atoms with Crippen LogP contribution in [-0.2, 0) is 9.59 Å². The number of halogens is 1. The first kappa shape index (κ1) is 5.88. The summed E-state index contributed by atoms with van der Waals surface area (Å²) < 4.78 is 12.0. The van der Waals surface area contributed by atoms with Crippen LogP contribution in [0.1, 0.15) is 0 Å². The number of rotatable bonds is 0. The molecule has 1 aliphatic carbocycles. The van der Waals surface area contributed by atoms with Crippen molar-refractivity contribution in [3.63, 3.8) is 0 Å². The van der Waals surface area contributed by atoms with Gasteiger partial charge >= 0.3 is 0 Å². The van der Waals surface area contributed by atoms with Gasteiger partial charge in [-0.15, -0.1) is 0 Å². The molecule has 0 atom stereocenters. The van der Waals surface area contributed by atoms with Crippen LogP contribution in [0.2, 0.25) is 0 Å². The summed E-state index contributed by atoms with van der Waals surface area (Å²) in [5, 5.41) is 0. The summed E-state index contributed by atoms with van der Waals surface area (Å²) >= 11 is 0. The molecule has 1 radical (unpaired) electrons. The van der Waals surface area contributed by atoms with Gasteiger partial charge in [-0.2, -0.15) is 0 Å². The molecule has 0 aromatic rings. The first-order valence-electron chi connectivity index (χ1n) is 2.25. The lowest BCUT2D eigenvalue weighted by Crippen LogP contribution is -2.11. The fourth-order valence-corrected chi connectivity index (χ4v) is 0.438. The van der Waals surface area contributed by atoms with Gasteiger partial charge in [0.05, 0.1) is 0 Å². The number of carbonyl (C=O) groups is 2. The van der Waals surface area contributed by atoms with E-state index < -0.39 is 17.4 Å². The largest absolute Gasteiger partial charge is 0.285 e. The third kappa shape index (κ3) is 1.10. The van der Waals surface area contributed by atoms with E-state index in [1.807, 2.05) is 6.08 Å². The van der Waals surface area contributed by atoms with Gasteiger partial charge < -0.3 is 0 Å². The standard InChI is InChI=1S/C6H2FO2/c7-4-1-2-5(8)6(9)3-4/h1,3H. The number of ketones is 2. The summed E-state index contributed by atoms with van der Waals surface area (Å²) in [7, 11) is 0. The molecule has 2 nitrogen and oxygen atoms in total. The second-order valence-electron chi connectivity index (χ2n) is 1.51. The zero-order valence-corrected chi connectivity index (χ0v) is 4.35. The van der Waals surface area contributed by atoms with Gasteiger partial charge in [-0.3, -0.25) is 9.59 Å². The predicted octanol–water partition coefficient (Wildman–Crippen LogP) is 0.351. The smallest absolute Gasteiger partial charge is 0.233 e. The highest BCUT2D eigenvalue weighted by atomic mass is 19.1. The Morgan fingerprint density at radius 3 is 2.56 bits per heavy atom. The molecule has 0 aromatic heterocycles. The van der Waals surface area contributed by atoms with E-state index in [0.29, 0.717) is 6.08 Å². The highest BCUT2D eigenvalue weighted by Crippen LogP contribution is 2.03. The van der Waals surface area contributed by atoms with Gasteiger partial charge in [0.1, 0.15) is 5.83 Å². The Morgan fingerprint density at radius 2 is 2.11 bits per heavy atom. The van der Waals surface area contributed by atoms with E-state index in [1.54, 1.807) is 0 Å². The van der Waals surface area contributed by atoms with Crippen molar-refractivity contribution in [3.05, 3.63) is 24.1 Å². The normalized spacial score (nSPS) is 18.1. The molecule has 0 aromatic carbocycles. The van der Waals surface area contributed by atoms with Crippen molar-refractivity contribution < 1.29 is 14.0 Å². The van der Waals surface area contributed by atoms with E-state index in [2.05, 4.69) is 0 Å². The van der Waals surface area contributed by atoms with Crippen LogP contribution in [0.5, 0.6) is 0 Å². The average molecular weight is 125 g/mol. The van der Waals surface area contributed by atoms with Gasteiger partial charge in [0.25, 0.3) is 0 Å². The van der Waals surface area contributed by atoms with Crippen molar-refractivity contribution in [2.24, 2.45) is 0 Å². The number of hydrogen-bond acceptors (Lipinski definition) is 2. The van der Waals surface area contributed by atoms with Crippen molar-refractivity contribution in [1.29, 1.82) is 0 Å². The lowest BCUT2D eigenvalue weighted by molar-refractivity contribution is -0.131. The summed E-state index contributed by atoms with van der Waals surface area (Å²) in [5.74, 6) is -2.37. The molecule has 3 heteroatoms. The number of allylic oxidation sites excluding steroid dienone is 4. The summed E-state index contributed by atoms with van der Waals surface area (Å²) in [6.45, 7) is 0. The highest BCUT2D eigenvalue weighted by Gasteiger charge is 2.12. The van der Waals surface area contributed by atoms with Crippen LogP contribution < -0.4 is 0 Å². The number of hydrogen-bond donors (Lipinski definition) is 0. The molecule has 0 aliphatic heterocycles. The lowest BCUT2D eigenvalue weighted by Gasteiger charge is -1.91. The fourth-order valence-electron chi connectivity index (χ4n) is 0.438. The molecule has 0 fully saturated rings. The van der Waals surface area contributed by atoms with Crippen LogP contribution in [0, 0.1) is 6.08 Å². The van der Waals surface area contributed by atoms with Crippen molar-refractivity contribution in [3.8, 4) is 0 Å². The molecular weight excluding hydrogens is 123 g/mol. The minimum absolute atomic E-state index is 0.638. The maximum absolute atomic E-state index is 12.0. The van der Waals surface area contributed by atoms with Gasteiger partial charge in [-0.25, -0.2) is 4.39 Å². The van der Waals surface area contributed by atoms with Gasteiger partial charge in [-0.1, -0.05) is 0 Å². The Morgan fingerprint density at radius 1 is 1.44 bits per heavy atom. The summed E-state index contributed by atoms with van der Waals surface area (Å²) in [4.78, 5) is 20.5. The molecule has 0 unspecified atom stereocenters. The second kappa shape index (κ2) is 1.93. The van der Waals surface area contributed by atoms with E-state index in [0.717, 1.165) is 6.08 Å². The van der Waals surface area contributed by atoms with Gasteiger partial charge in [0.15, 0.2) is 0 Å². The molecule has 0 saturated heterocycles. The molecule has 9 heavy (non-hydrogen) atoms. The molecule has 0 spiro atoms. The Labute approximate surface area is 50.7 Å². The summed E-state index contributed by atoms with van der Waals surface area (Å²) in [5.41, 5.74) is 0. The predicted molar refractivity (Wildman–Crippen MR) is 27.0 cm³/mol. The SMILES string of the molecule is O=C1[C]=CC(F)=CC1=O. The zero-order chi connectivity index (χ0) is 6.85. The highest BCUT2D eigenvalue weighted by molar-refractivity contribution is 6.45. The minimum Gasteiger partial charge on any atom is -0.285 e. The van der Waals surface area contributed by atoms with Crippen molar-refractivity contribution in [2.75, 3.05) is 0 Å². The van der Waals surface area contributed by atoms with Crippen LogP contribution in [0.3, 0.4) is 0 Å². The van der Waals surface area contributed by atoms with Gasteiger partial charge in [0, 0.05) is 12.2 Å². The molecule has 0 heterocycles.